The van der Waals surface area contributed by atoms with Crippen molar-refractivity contribution in [3.8, 4) is 0 Å². The van der Waals surface area contributed by atoms with Gasteiger partial charge in [-0.25, -0.2) is 4.79 Å². The van der Waals surface area contributed by atoms with Crippen LogP contribution >= 0.6 is 0 Å². The van der Waals surface area contributed by atoms with Crippen molar-refractivity contribution in [1.29, 1.82) is 0 Å². The molecule has 20 heavy (non-hydrogen) atoms. The zero-order valence-corrected chi connectivity index (χ0v) is 11.0. The molecular formula is C13H16N2O5. The van der Waals surface area contributed by atoms with E-state index >= 15 is 0 Å². The Hall–Kier alpha value is -2.15. The second-order valence-electron chi connectivity index (χ2n) is 4.97. The summed E-state index contributed by atoms with van der Waals surface area (Å²) in [7, 11) is 0. The van der Waals surface area contributed by atoms with Gasteiger partial charge < -0.3 is 15.1 Å². The number of aromatic carboxylic acids is 1. The first-order valence-electron chi connectivity index (χ1n) is 6.35. The first-order valence-corrected chi connectivity index (χ1v) is 6.35. The number of anilines is 1. The Kier molecular flexibility index (Phi) is 3.89. The summed E-state index contributed by atoms with van der Waals surface area (Å²) in [5, 5.41) is 29.9. The first-order chi connectivity index (χ1) is 9.41. The van der Waals surface area contributed by atoms with Crippen molar-refractivity contribution in [2.45, 2.75) is 19.4 Å². The number of nitro benzene ring substituents is 1. The third kappa shape index (κ3) is 2.57. The molecule has 1 fully saturated rings. The number of nitro groups is 1. The minimum atomic E-state index is -1.19. The summed E-state index contributed by atoms with van der Waals surface area (Å²) in [5.41, 5.74) is -0.158. The summed E-state index contributed by atoms with van der Waals surface area (Å²) in [6.07, 6.45) is 0.166. The molecule has 2 unspecified atom stereocenters. The van der Waals surface area contributed by atoms with Gasteiger partial charge in [0.25, 0.3) is 5.69 Å². The van der Waals surface area contributed by atoms with Crippen LogP contribution < -0.4 is 4.90 Å². The molecule has 2 rings (SSSR count). The lowest BCUT2D eigenvalue weighted by Gasteiger charge is -2.21. The molecule has 1 aliphatic rings. The van der Waals surface area contributed by atoms with Crippen molar-refractivity contribution in [2.24, 2.45) is 5.92 Å². The quantitative estimate of drug-likeness (QED) is 0.639. The Morgan fingerprint density at radius 1 is 1.55 bits per heavy atom. The van der Waals surface area contributed by atoms with Crippen LogP contribution in [0, 0.1) is 16.0 Å². The fourth-order valence-electron chi connectivity index (χ4n) is 2.57. The number of aliphatic hydroxyl groups is 1. The van der Waals surface area contributed by atoms with E-state index in [-0.39, 0.29) is 22.9 Å². The number of hydrogen-bond acceptors (Lipinski definition) is 5. The molecule has 2 atom stereocenters. The zero-order chi connectivity index (χ0) is 14.9. The molecule has 0 radical (unpaired) electrons. The number of carbonyl (C=O) groups is 1. The lowest BCUT2D eigenvalue weighted by Crippen LogP contribution is -2.26. The van der Waals surface area contributed by atoms with Crippen LogP contribution in [0.5, 0.6) is 0 Å². The predicted octanol–water partition coefficient (Wildman–Crippen LogP) is 1.50. The molecule has 2 N–H and O–H groups in total. The molecule has 1 aliphatic heterocycles. The summed E-state index contributed by atoms with van der Waals surface area (Å²) in [5.74, 6) is -1.19. The predicted molar refractivity (Wildman–Crippen MR) is 72.1 cm³/mol. The standard InChI is InChI=1S/C13H16N2O5/c1-8(16)9-5-6-14(7-9)12-10(13(17)18)3-2-4-11(12)15(19)20/h2-4,8-9,16H,5-7H2,1H3,(H,17,18). The van der Waals surface area contributed by atoms with Gasteiger partial charge in [-0.1, -0.05) is 6.07 Å². The minimum Gasteiger partial charge on any atom is -0.478 e. The van der Waals surface area contributed by atoms with Gasteiger partial charge in [0.05, 0.1) is 16.6 Å². The maximum absolute atomic E-state index is 11.3. The van der Waals surface area contributed by atoms with E-state index < -0.39 is 17.0 Å². The molecule has 0 bridgehead atoms. The Morgan fingerprint density at radius 3 is 2.75 bits per heavy atom. The van der Waals surface area contributed by atoms with Crippen molar-refractivity contribution in [1.82, 2.24) is 0 Å². The van der Waals surface area contributed by atoms with Crippen LogP contribution in [0.3, 0.4) is 0 Å². The first kappa shape index (κ1) is 14.3. The number of benzene rings is 1. The maximum Gasteiger partial charge on any atom is 0.338 e. The molecule has 1 saturated heterocycles. The van der Waals surface area contributed by atoms with E-state index in [0.717, 1.165) is 0 Å². The number of para-hydroxylation sites is 1. The second-order valence-corrected chi connectivity index (χ2v) is 4.97. The highest BCUT2D eigenvalue weighted by Gasteiger charge is 2.33. The maximum atomic E-state index is 11.3. The largest absolute Gasteiger partial charge is 0.478 e. The van der Waals surface area contributed by atoms with Crippen molar-refractivity contribution >= 4 is 17.3 Å². The number of aliphatic hydroxyl groups excluding tert-OH is 1. The molecule has 0 amide bonds. The fraction of sp³-hybridized carbons (Fsp3) is 0.462. The Labute approximate surface area is 115 Å². The van der Waals surface area contributed by atoms with Gasteiger partial charge >= 0.3 is 5.97 Å². The zero-order valence-electron chi connectivity index (χ0n) is 11.0. The van der Waals surface area contributed by atoms with E-state index in [2.05, 4.69) is 0 Å². The van der Waals surface area contributed by atoms with Gasteiger partial charge in [0.2, 0.25) is 0 Å². The van der Waals surface area contributed by atoms with E-state index in [1.165, 1.54) is 18.2 Å². The topological polar surface area (TPSA) is 104 Å². The van der Waals surface area contributed by atoms with Crippen molar-refractivity contribution < 1.29 is 19.9 Å². The monoisotopic (exact) mass is 280 g/mol. The molecular weight excluding hydrogens is 264 g/mol. The van der Waals surface area contributed by atoms with Crippen LogP contribution in [-0.2, 0) is 0 Å². The molecule has 0 aliphatic carbocycles. The van der Waals surface area contributed by atoms with E-state index in [0.29, 0.717) is 19.5 Å². The molecule has 7 nitrogen and oxygen atoms in total. The van der Waals surface area contributed by atoms with Crippen LogP contribution in [-0.4, -0.2) is 40.3 Å². The summed E-state index contributed by atoms with van der Waals surface area (Å²) < 4.78 is 0. The number of carboxylic acids is 1. The van der Waals surface area contributed by atoms with E-state index in [9.17, 15) is 25.1 Å². The van der Waals surface area contributed by atoms with Crippen LogP contribution in [0.25, 0.3) is 0 Å². The smallest absolute Gasteiger partial charge is 0.338 e. The SMILES string of the molecule is CC(O)C1CCN(c2c(C(=O)O)cccc2[N+](=O)[O-])C1. The van der Waals surface area contributed by atoms with Gasteiger partial charge in [-0.3, -0.25) is 10.1 Å². The van der Waals surface area contributed by atoms with Gasteiger partial charge in [0, 0.05) is 25.1 Å². The third-order valence-corrected chi connectivity index (χ3v) is 3.66. The molecule has 1 aromatic carbocycles. The molecule has 0 saturated carbocycles. The van der Waals surface area contributed by atoms with Gasteiger partial charge in [0.1, 0.15) is 5.69 Å². The highest BCUT2D eigenvalue weighted by atomic mass is 16.6. The average molecular weight is 280 g/mol. The Morgan fingerprint density at radius 2 is 2.25 bits per heavy atom. The lowest BCUT2D eigenvalue weighted by molar-refractivity contribution is -0.384. The minimum absolute atomic E-state index is 0.00328. The molecule has 1 aromatic rings. The Bertz CT molecular complexity index is 511. The highest BCUT2D eigenvalue weighted by Crippen LogP contribution is 2.36. The molecule has 108 valence electrons. The number of hydrogen-bond donors (Lipinski definition) is 2. The van der Waals surface area contributed by atoms with Gasteiger partial charge in [0.15, 0.2) is 0 Å². The number of nitrogens with zero attached hydrogens (tertiary/aromatic N) is 2. The van der Waals surface area contributed by atoms with Crippen molar-refractivity contribution in [2.75, 3.05) is 18.0 Å². The highest BCUT2D eigenvalue weighted by molar-refractivity contribution is 5.97. The van der Waals surface area contributed by atoms with Gasteiger partial charge in [-0.2, -0.15) is 0 Å². The average Bonchev–Trinajstić information content (AvgIpc) is 2.87. The van der Waals surface area contributed by atoms with Crippen molar-refractivity contribution in [3.63, 3.8) is 0 Å². The summed E-state index contributed by atoms with van der Waals surface area (Å²) in [6.45, 7) is 2.59. The van der Waals surface area contributed by atoms with E-state index in [1.807, 2.05) is 0 Å². The summed E-state index contributed by atoms with van der Waals surface area (Å²) in [6, 6.07) is 4.03. The number of carboxylic acid groups (broad SMARTS) is 1. The van der Waals surface area contributed by atoms with Crippen LogP contribution in [0.2, 0.25) is 0 Å². The fourth-order valence-corrected chi connectivity index (χ4v) is 2.57. The normalized spacial score (nSPS) is 19.9. The number of rotatable bonds is 4. The van der Waals surface area contributed by atoms with E-state index in [1.54, 1.807) is 11.8 Å². The summed E-state index contributed by atoms with van der Waals surface area (Å²) in [4.78, 5) is 23.5. The lowest BCUT2D eigenvalue weighted by atomic mass is 10.0. The molecule has 7 heteroatoms. The molecule has 1 heterocycles. The molecule has 0 spiro atoms. The third-order valence-electron chi connectivity index (χ3n) is 3.66. The van der Waals surface area contributed by atoms with Crippen LogP contribution in [0.1, 0.15) is 23.7 Å². The van der Waals surface area contributed by atoms with Crippen LogP contribution in [0.15, 0.2) is 18.2 Å². The van der Waals surface area contributed by atoms with E-state index in [4.69, 9.17) is 0 Å². The second kappa shape index (κ2) is 5.46. The summed E-state index contributed by atoms with van der Waals surface area (Å²) >= 11 is 0. The van der Waals surface area contributed by atoms with Crippen LogP contribution in [0.4, 0.5) is 11.4 Å². The van der Waals surface area contributed by atoms with Gasteiger partial charge in [-0.05, 0) is 19.4 Å². The molecule has 0 aromatic heterocycles. The van der Waals surface area contributed by atoms with Gasteiger partial charge in [-0.15, -0.1) is 0 Å². The van der Waals surface area contributed by atoms with Crippen molar-refractivity contribution in [3.05, 3.63) is 33.9 Å². The Balaban J connectivity index is 2.44.